The number of carbonyl (C=O) groups excluding carboxylic acids is 1. The number of amides is 1. The van der Waals surface area contributed by atoms with Gasteiger partial charge in [-0.15, -0.1) is 11.3 Å². The van der Waals surface area contributed by atoms with Crippen LogP contribution in [-0.2, 0) is 23.9 Å². The van der Waals surface area contributed by atoms with E-state index in [1.165, 1.54) is 28.6 Å². The molecule has 0 radical (unpaired) electrons. The molecule has 3 rings (SSSR count). The Morgan fingerprint density at radius 2 is 2.04 bits per heavy atom. The fourth-order valence-electron chi connectivity index (χ4n) is 2.84. The van der Waals surface area contributed by atoms with E-state index in [0.29, 0.717) is 6.54 Å². The van der Waals surface area contributed by atoms with E-state index in [1.54, 1.807) is 18.3 Å². The maximum absolute atomic E-state index is 13.0. The molecule has 0 bridgehead atoms. The van der Waals surface area contributed by atoms with E-state index < -0.39 is 23.7 Å². The summed E-state index contributed by atoms with van der Waals surface area (Å²) in [7, 11) is 0. The van der Waals surface area contributed by atoms with Gasteiger partial charge < -0.3 is 5.32 Å². The number of benzene rings is 1. The summed E-state index contributed by atoms with van der Waals surface area (Å²) in [6.45, 7) is 3.10. The molecule has 2 aromatic rings. The van der Waals surface area contributed by atoms with Crippen molar-refractivity contribution in [1.82, 2.24) is 4.90 Å². The zero-order valence-electron chi connectivity index (χ0n) is 13.1. The first-order valence-corrected chi connectivity index (χ1v) is 8.50. The normalized spacial score (nSPS) is 16.5. The number of fused-ring (bicyclic) bond motifs is 1. The zero-order valence-corrected chi connectivity index (χ0v) is 13.9. The van der Waals surface area contributed by atoms with Crippen molar-refractivity contribution < 1.29 is 18.0 Å². The molecular weight excluding hydrogens is 337 g/mol. The van der Waals surface area contributed by atoms with Crippen LogP contribution < -0.4 is 5.32 Å². The first kappa shape index (κ1) is 17.0. The summed E-state index contributed by atoms with van der Waals surface area (Å²) in [4.78, 5) is 15.7. The van der Waals surface area contributed by atoms with Crippen LogP contribution in [0.1, 0.15) is 22.9 Å². The van der Waals surface area contributed by atoms with Gasteiger partial charge in [0.15, 0.2) is 0 Å². The lowest BCUT2D eigenvalue weighted by atomic mass is 10.1. The molecule has 2 heterocycles. The minimum Gasteiger partial charge on any atom is -0.324 e. The number of rotatable bonds is 3. The molecular formula is C17H17F3N2OS. The number of halogens is 3. The highest BCUT2D eigenvalue weighted by Crippen LogP contribution is 2.34. The molecule has 3 nitrogen and oxygen atoms in total. The molecule has 1 aromatic carbocycles. The van der Waals surface area contributed by atoms with Crippen molar-refractivity contribution >= 4 is 22.9 Å². The summed E-state index contributed by atoms with van der Waals surface area (Å²) >= 11 is 1.70. The third kappa shape index (κ3) is 3.47. The number of alkyl halides is 3. The van der Waals surface area contributed by atoms with Gasteiger partial charge in [0, 0.05) is 18.0 Å². The highest BCUT2D eigenvalue weighted by atomic mass is 32.1. The number of anilines is 1. The first-order chi connectivity index (χ1) is 11.4. The van der Waals surface area contributed by atoms with Gasteiger partial charge in [-0.05, 0) is 42.5 Å². The molecule has 0 aliphatic carbocycles. The van der Waals surface area contributed by atoms with Gasteiger partial charge in [-0.3, -0.25) is 9.69 Å². The lowest BCUT2D eigenvalue weighted by Gasteiger charge is -2.31. The Bertz CT molecular complexity index is 741. The average molecular weight is 354 g/mol. The van der Waals surface area contributed by atoms with Crippen LogP contribution in [0.25, 0.3) is 0 Å². The van der Waals surface area contributed by atoms with Gasteiger partial charge in [0.05, 0.1) is 17.3 Å². The van der Waals surface area contributed by atoms with Crippen molar-refractivity contribution in [2.45, 2.75) is 32.1 Å². The predicted octanol–water partition coefficient (Wildman–Crippen LogP) is 4.15. The number of hydrogen-bond donors (Lipinski definition) is 1. The fraction of sp³-hybridized carbons (Fsp3) is 0.353. The Morgan fingerprint density at radius 3 is 2.79 bits per heavy atom. The van der Waals surface area contributed by atoms with Crippen LogP contribution in [0.2, 0.25) is 0 Å². The first-order valence-electron chi connectivity index (χ1n) is 7.62. The fourth-order valence-corrected chi connectivity index (χ4v) is 3.73. The van der Waals surface area contributed by atoms with Gasteiger partial charge in [-0.25, -0.2) is 0 Å². The highest BCUT2D eigenvalue weighted by molar-refractivity contribution is 7.10. The Kier molecular flexibility index (Phi) is 4.64. The molecule has 1 amide bonds. The van der Waals surface area contributed by atoms with Crippen LogP contribution in [0.5, 0.6) is 0 Å². The largest absolute Gasteiger partial charge is 0.418 e. The molecule has 1 atom stereocenters. The summed E-state index contributed by atoms with van der Waals surface area (Å²) in [5.41, 5.74) is 0.168. The Labute approximate surface area is 142 Å². The van der Waals surface area contributed by atoms with Crippen molar-refractivity contribution in [1.29, 1.82) is 0 Å². The number of hydrogen-bond acceptors (Lipinski definition) is 3. The van der Waals surface area contributed by atoms with E-state index in [-0.39, 0.29) is 5.69 Å². The van der Waals surface area contributed by atoms with Gasteiger partial charge >= 0.3 is 6.18 Å². The highest BCUT2D eigenvalue weighted by Gasteiger charge is 2.34. The molecule has 128 valence electrons. The van der Waals surface area contributed by atoms with E-state index in [0.717, 1.165) is 19.0 Å². The van der Waals surface area contributed by atoms with Gasteiger partial charge in [0.1, 0.15) is 0 Å². The molecule has 1 N–H and O–H groups in total. The molecule has 0 fully saturated rings. The number of nitrogens with zero attached hydrogens (tertiary/aromatic N) is 1. The van der Waals surface area contributed by atoms with Crippen LogP contribution in [0.15, 0.2) is 35.7 Å². The number of para-hydroxylation sites is 1. The van der Waals surface area contributed by atoms with Gasteiger partial charge in [0.2, 0.25) is 5.91 Å². The van der Waals surface area contributed by atoms with Crippen molar-refractivity contribution in [2.75, 3.05) is 11.9 Å². The smallest absolute Gasteiger partial charge is 0.324 e. The minimum absolute atomic E-state index is 0.199. The summed E-state index contributed by atoms with van der Waals surface area (Å²) in [6, 6.07) is 6.58. The van der Waals surface area contributed by atoms with E-state index in [2.05, 4.69) is 5.32 Å². The Morgan fingerprint density at radius 1 is 1.29 bits per heavy atom. The molecule has 0 saturated carbocycles. The van der Waals surface area contributed by atoms with Crippen molar-refractivity contribution in [2.24, 2.45) is 0 Å². The van der Waals surface area contributed by atoms with Gasteiger partial charge in [-0.2, -0.15) is 13.2 Å². The second kappa shape index (κ2) is 6.57. The quantitative estimate of drug-likeness (QED) is 0.898. The molecule has 1 aliphatic heterocycles. The Hall–Kier alpha value is -1.86. The monoisotopic (exact) mass is 354 g/mol. The molecule has 7 heteroatoms. The molecule has 1 aliphatic rings. The van der Waals surface area contributed by atoms with Crippen molar-refractivity contribution in [3.05, 3.63) is 51.7 Å². The van der Waals surface area contributed by atoms with Crippen LogP contribution in [0.4, 0.5) is 18.9 Å². The SMILES string of the molecule is C[C@H](C(=O)Nc1ccccc1C(F)(F)F)N1CCc2sccc2C1. The van der Waals surface area contributed by atoms with E-state index in [1.807, 2.05) is 16.3 Å². The number of carbonyl (C=O) groups is 1. The summed E-state index contributed by atoms with van der Waals surface area (Å²) in [6.07, 6.45) is -3.63. The molecule has 1 aromatic heterocycles. The molecule has 0 spiro atoms. The number of nitrogens with one attached hydrogen (secondary N) is 1. The second-order valence-electron chi connectivity index (χ2n) is 5.80. The Balaban J connectivity index is 1.72. The third-order valence-corrected chi connectivity index (χ3v) is 5.28. The minimum atomic E-state index is -4.50. The zero-order chi connectivity index (χ0) is 17.3. The lowest BCUT2D eigenvalue weighted by Crippen LogP contribution is -2.44. The second-order valence-corrected chi connectivity index (χ2v) is 6.80. The predicted molar refractivity (Wildman–Crippen MR) is 88.0 cm³/mol. The van der Waals surface area contributed by atoms with E-state index in [4.69, 9.17) is 0 Å². The maximum atomic E-state index is 13.0. The van der Waals surface area contributed by atoms with Crippen LogP contribution in [-0.4, -0.2) is 23.4 Å². The van der Waals surface area contributed by atoms with Crippen molar-refractivity contribution in [3.8, 4) is 0 Å². The van der Waals surface area contributed by atoms with Gasteiger partial charge in [-0.1, -0.05) is 12.1 Å². The van der Waals surface area contributed by atoms with E-state index >= 15 is 0 Å². The summed E-state index contributed by atoms with van der Waals surface area (Å²) in [5.74, 6) is -0.426. The lowest BCUT2D eigenvalue weighted by molar-refractivity contribution is -0.137. The number of thiophene rings is 1. The molecule has 24 heavy (non-hydrogen) atoms. The van der Waals surface area contributed by atoms with Gasteiger partial charge in [0.25, 0.3) is 0 Å². The van der Waals surface area contributed by atoms with E-state index in [9.17, 15) is 18.0 Å². The topological polar surface area (TPSA) is 32.3 Å². The molecule has 0 saturated heterocycles. The van der Waals surface area contributed by atoms with Crippen LogP contribution in [0.3, 0.4) is 0 Å². The van der Waals surface area contributed by atoms with Crippen molar-refractivity contribution in [3.63, 3.8) is 0 Å². The third-order valence-electron chi connectivity index (χ3n) is 4.25. The maximum Gasteiger partial charge on any atom is 0.418 e. The summed E-state index contributed by atoms with van der Waals surface area (Å²) < 4.78 is 39.1. The molecule has 0 unspecified atom stereocenters. The standard InChI is InChI=1S/C17H17F3N2OS/c1-11(22-8-6-15-12(10-22)7-9-24-15)16(23)21-14-5-3-2-4-13(14)17(18,19)20/h2-5,7,9,11H,6,8,10H2,1H3,(H,21,23)/t11-/m1/s1. The summed E-state index contributed by atoms with van der Waals surface area (Å²) in [5, 5.41) is 4.46. The average Bonchev–Trinajstić information content (AvgIpc) is 3.01. The van der Waals surface area contributed by atoms with Crippen LogP contribution in [0, 0.1) is 0 Å². The van der Waals surface area contributed by atoms with Crippen LogP contribution >= 0.6 is 11.3 Å².